The predicted molar refractivity (Wildman–Crippen MR) is 55.8 cm³/mol. The van der Waals surface area contributed by atoms with Gasteiger partial charge < -0.3 is 4.74 Å². The highest BCUT2D eigenvalue weighted by Crippen LogP contribution is 2.16. The summed E-state index contributed by atoms with van der Waals surface area (Å²) in [5.41, 5.74) is 0.961. The molecule has 1 rings (SSSR count). The van der Waals surface area contributed by atoms with Crippen LogP contribution in [0.15, 0.2) is 30.3 Å². The topological polar surface area (TPSA) is 50.1 Å². The van der Waals surface area contributed by atoms with E-state index in [2.05, 4.69) is 0 Å². The molecule has 3 nitrogen and oxygen atoms in total. The fourth-order valence-electron chi connectivity index (χ4n) is 1.21. The van der Waals surface area contributed by atoms with Crippen molar-refractivity contribution in [3.63, 3.8) is 0 Å². The minimum absolute atomic E-state index is 0.160. The van der Waals surface area contributed by atoms with Gasteiger partial charge in [-0.1, -0.05) is 30.3 Å². The van der Waals surface area contributed by atoms with Crippen LogP contribution in [0.4, 0.5) is 0 Å². The maximum atomic E-state index is 11.2. The van der Waals surface area contributed by atoms with Crippen LogP contribution < -0.4 is 0 Å². The lowest BCUT2D eigenvalue weighted by Gasteiger charge is -2.12. The number of esters is 1. The van der Waals surface area contributed by atoms with Crippen molar-refractivity contribution in [3.05, 3.63) is 35.9 Å². The van der Waals surface area contributed by atoms with Crippen molar-refractivity contribution < 1.29 is 9.53 Å². The van der Waals surface area contributed by atoms with Gasteiger partial charge in [-0.05, 0) is 12.5 Å². The number of carbonyl (C=O) groups excluding carboxylic acids is 1. The second-order valence-corrected chi connectivity index (χ2v) is 3.20. The van der Waals surface area contributed by atoms with Gasteiger partial charge in [0.05, 0.1) is 12.5 Å². The average molecular weight is 203 g/mol. The molecule has 0 aliphatic carbocycles. The zero-order chi connectivity index (χ0) is 11.1. The van der Waals surface area contributed by atoms with Crippen molar-refractivity contribution in [1.29, 1.82) is 5.26 Å². The summed E-state index contributed by atoms with van der Waals surface area (Å²) in [5.74, 6) is -0.326. The highest BCUT2D eigenvalue weighted by molar-refractivity contribution is 5.69. The van der Waals surface area contributed by atoms with Gasteiger partial charge in [0.2, 0.25) is 0 Å². The second kappa shape index (κ2) is 5.82. The number of nitriles is 1. The zero-order valence-electron chi connectivity index (χ0n) is 8.64. The average Bonchev–Trinajstić information content (AvgIpc) is 2.27. The van der Waals surface area contributed by atoms with Gasteiger partial charge >= 0.3 is 5.97 Å². The number of hydrogen-bond acceptors (Lipinski definition) is 3. The number of nitrogens with zero attached hydrogens (tertiary/aromatic N) is 1. The third-order valence-electron chi connectivity index (χ3n) is 2.02. The molecule has 0 bridgehead atoms. The number of ether oxygens (including phenoxy) is 1. The molecule has 0 heterocycles. The van der Waals surface area contributed by atoms with Gasteiger partial charge in [-0.15, -0.1) is 0 Å². The van der Waals surface area contributed by atoms with E-state index in [4.69, 9.17) is 10.00 Å². The number of benzene rings is 1. The Balaban J connectivity index is 2.46. The predicted octanol–water partition coefficient (Wildman–Crippen LogP) is 2.59. The van der Waals surface area contributed by atoms with Crippen LogP contribution in [0.1, 0.15) is 31.4 Å². The van der Waals surface area contributed by atoms with Crippen LogP contribution in [0.3, 0.4) is 0 Å². The summed E-state index contributed by atoms with van der Waals surface area (Å²) in [6.45, 7) is 1.82. The first kappa shape index (κ1) is 11.3. The van der Waals surface area contributed by atoms with Gasteiger partial charge in [-0.25, -0.2) is 0 Å². The number of carbonyl (C=O) groups is 1. The molecule has 1 aromatic rings. The van der Waals surface area contributed by atoms with E-state index >= 15 is 0 Å². The summed E-state index contributed by atoms with van der Waals surface area (Å²) < 4.78 is 5.15. The Labute approximate surface area is 89.3 Å². The van der Waals surface area contributed by atoms with Crippen LogP contribution in [0.25, 0.3) is 0 Å². The lowest BCUT2D eigenvalue weighted by molar-refractivity contribution is -0.148. The molecule has 0 amide bonds. The van der Waals surface area contributed by atoms with Crippen LogP contribution in [-0.4, -0.2) is 5.97 Å². The normalized spacial score (nSPS) is 11.5. The molecular weight excluding hydrogens is 190 g/mol. The molecule has 0 aliphatic rings. The summed E-state index contributed by atoms with van der Waals surface area (Å²) in [4.78, 5) is 11.2. The van der Waals surface area contributed by atoms with E-state index in [0.717, 1.165) is 5.56 Å². The molecule has 78 valence electrons. The van der Waals surface area contributed by atoms with E-state index in [9.17, 15) is 4.79 Å². The molecule has 3 heteroatoms. The molecule has 0 aromatic heterocycles. The fraction of sp³-hybridized carbons (Fsp3) is 0.333. The Morgan fingerprint density at radius 1 is 1.47 bits per heavy atom. The summed E-state index contributed by atoms with van der Waals surface area (Å²) in [7, 11) is 0. The van der Waals surface area contributed by atoms with Gasteiger partial charge in [0, 0.05) is 6.42 Å². The summed E-state index contributed by atoms with van der Waals surface area (Å²) in [6, 6.07) is 11.4. The van der Waals surface area contributed by atoms with Crippen molar-refractivity contribution in [2.24, 2.45) is 0 Å². The van der Waals surface area contributed by atoms with Crippen LogP contribution in [0.2, 0.25) is 0 Å². The van der Waals surface area contributed by atoms with Crippen LogP contribution in [0, 0.1) is 11.3 Å². The SMILES string of the molecule is CC(OC(=O)CCC#N)c1ccccc1. The molecule has 1 aromatic carbocycles. The zero-order valence-corrected chi connectivity index (χ0v) is 8.64. The van der Waals surface area contributed by atoms with E-state index in [-0.39, 0.29) is 24.9 Å². The molecule has 0 radical (unpaired) electrons. The summed E-state index contributed by atoms with van der Waals surface area (Å²) in [6.07, 6.45) is 0.117. The molecule has 0 N–H and O–H groups in total. The van der Waals surface area contributed by atoms with Crippen LogP contribution >= 0.6 is 0 Å². The first-order chi connectivity index (χ1) is 7.24. The number of hydrogen-bond donors (Lipinski definition) is 0. The van der Waals surface area contributed by atoms with E-state index in [1.54, 1.807) is 0 Å². The third-order valence-corrected chi connectivity index (χ3v) is 2.02. The Hall–Kier alpha value is -1.82. The molecule has 0 saturated heterocycles. The van der Waals surface area contributed by atoms with Gasteiger partial charge in [0.25, 0.3) is 0 Å². The van der Waals surface area contributed by atoms with Crippen molar-refractivity contribution in [2.75, 3.05) is 0 Å². The smallest absolute Gasteiger partial charge is 0.307 e. The van der Waals surface area contributed by atoms with Crippen molar-refractivity contribution >= 4 is 5.97 Å². The molecule has 0 fully saturated rings. The highest BCUT2D eigenvalue weighted by atomic mass is 16.5. The molecule has 0 spiro atoms. The van der Waals surface area contributed by atoms with Gasteiger partial charge in [-0.2, -0.15) is 5.26 Å². The minimum atomic E-state index is -0.326. The van der Waals surface area contributed by atoms with Gasteiger partial charge in [-0.3, -0.25) is 4.79 Å². The second-order valence-electron chi connectivity index (χ2n) is 3.20. The molecule has 1 unspecified atom stereocenters. The van der Waals surface area contributed by atoms with Gasteiger partial charge in [0.15, 0.2) is 0 Å². The quantitative estimate of drug-likeness (QED) is 0.707. The Kier molecular flexibility index (Phi) is 4.36. The van der Waals surface area contributed by atoms with Crippen LogP contribution in [0.5, 0.6) is 0 Å². The summed E-state index contributed by atoms with van der Waals surface area (Å²) >= 11 is 0. The van der Waals surface area contributed by atoms with Crippen molar-refractivity contribution in [2.45, 2.75) is 25.9 Å². The maximum Gasteiger partial charge on any atom is 0.307 e. The molecule has 1 atom stereocenters. The Morgan fingerprint density at radius 2 is 2.13 bits per heavy atom. The van der Waals surface area contributed by atoms with Crippen molar-refractivity contribution in [1.82, 2.24) is 0 Å². The molecular formula is C12H13NO2. The third kappa shape index (κ3) is 3.82. The maximum absolute atomic E-state index is 11.2. The fourth-order valence-corrected chi connectivity index (χ4v) is 1.21. The molecule has 0 aliphatic heterocycles. The largest absolute Gasteiger partial charge is 0.458 e. The van der Waals surface area contributed by atoms with E-state index in [1.165, 1.54) is 0 Å². The Morgan fingerprint density at radius 3 is 2.73 bits per heavy atom. The Bertz CT molecular complexity index is 354. The van der Waals surface area contributed by atoms with Crippen molar-refractivity contribution in [3.8, 4) is 6.07 Å². The van der Waals surface area contributed by atoms with E-state index < -0.39 is 0 Å². The van der Waals surface area contributed by atoms with E-state index in [0.29, 0.717) is 0 Å². The highest BCUT2D eigenvalue weighted by Gasteiger charge is 2.10. The lowest BCUT2D eigenvalue weighted by Crippen LogP contribution is -2.08. The standard InChI is InChI=1S/C12H13NO2/c1-10(11-6-3-2-4-7-11)15-12(14)8-5-9-13/h2-4,6-7,10H,5,8H2,1H3. The first-order valence-corrected chi connectivity index (χ1v) is 4.85. The first-order valence-electron chi connectivity index (χ1n) is 4.85. The molecule has 0 saturated carbocycles. The minimum Gasteiger partial charge on any atom is -0.458 e. The molecule has 15 heavy (non-hydrogen) atoms. The lowest BCUT2D eigenvalue weighted by atomic mass is 10.1. The monoisotopic (exact) mass is 203 g/mol. The van der Waals surface area contributed by atoms with Gasteiger partial charge in [0.1, 0.15) is 6.10 Å². The van der Waals surface area contributed by atoms with Crippen LogP contribution in [-0.2, 0) is 9.53 Å². The van der Waals surface area contributed by atoms with E-state index in [1.807, 2.05) is 43.3 Å². The number of rotatable bonds is 4. The summed E-state index contributed by atoms with van der Waals surface area (Å²) in [5, 5.41) is 8.31.